The zero-order chi connectivity index (χ0) is 15.7. The lowest BCUT2D eigenvalue weighted by atomic mass is 9.94. The number of methoxy groups -OCH3 is 1. The lowest BCUT2D eigenvalue weighted by Gasteiger charge is -2.40. The number of benzene rings is 1. The molecular weight excluding hydrogens is 260 g/mol. The van der Waals surface area contributed by atoms with Crippen LogP contribution >= 0.6 is 0 Å². The van der Waals surface area contributed by atoms with Crippen LogP contribution in [-0.4, -0.2) is 44.3 Å². The van der Waals surface area contributed by atoms with Gasteiger partial charge in [0.1, 0.15) is 0 Å². The van der Waals surface area contributed by atoms with Crippen molar-refractivity contribution in [1.29, 1.82) is 0 Å². The first-order valence-corrected chi connectivity index (χ1v) is 8.16. The van der Waals surface area contributed by atoms with Crippen LogP contribution < -0.4 is 5.32 Å². The monoisotopic (exact) mass is 292 g/mol. The minimum atomic E-state index is 0.349. The van der Waals surface area contributed by atoms with Crippen LogP contribution in [0.25, 0.3) is 0 Å². The van der Waals surface area contributed by atoms with Gasteiger partial charge < -0.3 is 10.1 Å². The fourth-order valence-electron chi connectivity index (χ4n) is 3.05. The average molecular weight is 292 g/mol. The third-order valence-corrected chi connectivity index (χ3v) is 4.41. The normalized spacial score (nSPS) is 15.9. The number of hydrogen-bond acceptors (Lipinski definition) is 3. The molecule has 3 nitrogen and oxygen atoms in total. The van der Waals surface area contributed by atoms with Crippen molar-refractivity contribution >= 4 is 0 Å². The fraction of sp³-hybridized carbons (Fsp3) is 0.667. The molecule has 3 atom stereocenters. The summed E-state index contributed by atoms with van der Waals surface area (Å²) in [7, 11) is 3.84. The standard InChI is InChI=1S/C18H32N2O/c1-6-15(3)20(13-14-21-5)17(7-2)18(19-4)16-11-9-8-10-12-16/h8-12,15,17-19H,6-7,13-14H2,1-5H3. The molecule has 0 aliphatic rings. The molecule has 21 heavy (non-hydrogen) atoms. The van der Waals surface area contributed by atoms with Crippen LogP contribution in [-0.2, 0) is 4.74 Å². The molecule has 0 bridgehead atoms. The van der Waals surface area contributed by atoms with Gasteiger partial charge in [0.25, 0.3) is 0 Å². The van der Waals surface area contributed by atoms with Crippen molar-refractivity contribution in [3.05, 3.63) is 35.9 Å². The number of likely N-dealkylation sites (N-methyl/N-ethyl adjacent to an activating group) is 1. The highest BCUT2D eigenvalue weighted by molar-refractivity contribution is 5.20. The van der Waals surface area contributed by atoms with E-state index >= 15 is 0 Å². The summed E-state index contributed by atoms with van der Waals surface area (Å²) < 4.78 is 5.32. The van der Waals surface area contributed by atoms with Crippen molar-refractivity contribution in [2.24, 2.45) is 0 Å². The predicted octanol–water partition coefficient (Wildman–Crippen LogP) is 3.47. The van der Waals surface area contributed by atoms with Gasteiger partial charge in [0.05, 0.1) is 6.61 Å². The minimum Gasteiger partial charge on any atom is -0.383 e. The summed E-state index contributed by atoms with van der Waals surface area (Å²) >= 11 is 0. The van der Waals surface area contributed by atoms with E-state index in [2.05, 4.69) is 68.4 Å². The lowest BCUT2D eigenvalue weighted by Crippen LogP contribution is -2.49. The second kappa shape index (κ2) is 9.93. The van der Waals surface area contributed by atoms with E-state index in [4.69, 9.17) is 4.74 Å². The summed E-state index contributed by atoms with van der Waals surface area (Å²) in [5.41, 5.74) is 1.36. The van der Waals surface area contributed by atoms with Crippen LogP contribution in [0.5, 0.6) is 0 Å². The molecule has 0 spiro atoms. The van der Waals surface area contributed by atoms with Crippen LogP contribution in [0.2, 0.25) is 0 Å². The van der Waals surface area contributed by atoms with E-state index in [1.807, 2.05) is 0 Å². The van der Waals surface area contributed by atoms with Crippen molar-refractivity contribution in [2.45, 2.75) is 51.7 Å². The molecule has 0 fully saturated rings. The number of nitrogens with one attached hydrogen (secondary N) is 1. The molecule has 0 heterocycles. The Kier molecular flexibility index (Phi) is 8.58. The Morgan fingerprint density at radius 2 is 1.81 bits per heavy atom. The molecule has 0 amide bonds. The second-order valence-electron chi connectivity index (χ2n) is 5.64. The molecule has 0 radical (unpaired) electrons. The predicted molar refractivity (Wildman–Crippen MR) is 90.7 cm³/mol. The molecule has 0 aromatic heterocycles. The Morgan fingerprint density at radius 3 is 2.29 bits per heavy atom. The molecule has 0 saturated carbocycles. The van der Waals surface area contributed by atoms with Gasteiger partial charge in [-0.15, -0.1) is 0 Å². The van der Waals surface area contributed by atoms with E-state index in [1.54, 1.807) is 7.11 Å². The molecule has 1 N–H and O–H groups in total. The summed E-state index contributed by atoms with van der Waals surface area (Å²) in [5, 5.41) is 3.52. The molecule has 120 valence electrons. The zero-order valence-corrected chi connectivity index (χ0v) is 14.3. The van der Waals surface area contributed by atoms with Gasteiger partial charge in [-0.3, -0.25) is 4.90 Å². The van der Waals surface area contributed by atoms with Crippen LogP contribution in [0.4, 0.5) is 0 Å². The highest BCUT2D eigenvalue weighted by Gasteiger charge is 2.28. The molecular formula is C18H32N2O. The molecule has 3 heteroatoms. The SMILES string of the molecule is CCC(C)N(CCOC)C(CC)C(NC)c1ccccc1. The maximum absolute atomic E-state index is 5.32. The van der Waals surface area contributed by atoms with Crippen molar-refractivity contribution in [3.63, 3.8) is 0 Å². The maximum Gasteiger partial charge on any atom is 0.0589 e. The highest BCUT2D eigenvalue weighted by Crippen LogP contribution is 2.25. The molecule has 1 rings (SSSR count). The number of hydrogen-bond donors (Lipinski definition) is 1. The summed E-state index contributed by atoms with van der Waals surface area (Å²) in [5.74, 6) is 0. The fourth-order valence-corrected chi connectivity index (χ4v) is 3.05. The summed E-state index contributed by atoms with van der Waals surface area (Å²) in [6.45, 7) is 8.62. The maximum atomic E-state index is 5.32. The Labute approximate surface area is 130 Å². The Hall–Kier alpha value is -0.900. The van der Waals surface area contributed by atoms with Gasteiger partial charge in [0, 0.05) is 31.8 Å². The Bertz CT molecular complexity index is 369. The van der Waals surface area contributed by atoms with E-state index in [0.29, 0.717) is 18.1 Å². The van der Waals surface area contributed by atoms with E-state index < -0.39 is 0 Å². The van der Waals surface area contributed by atoms with Crippen LogP contribution in [0.15, 0.2) is 30.3 Å². The highest BCUT2D eigenvalue weighted by atomic mass is 16.5. The van der Waals surface area contributed by atoms with Gasteiger partial charge >= 0.3 is 0 Å². The molecule has 0 aliphatic heterocycles. The second-order valence-corrected chi connectivity index (χ2v) is 5.64. The van der Waals surface area contributed by atoms with Crippen LogP contribution in [0.3, 0.4) is 0 Å². The Balaban J connectivity index is 2.98. The Morgan fingerprint density at radius 1 is 1.14 bits per heavy atom. The van der Waals surface area contributed by atoms with E-state index in [1.165, 1.54) is 5.56 Å². The lowest BCUT2D eigenvalue weighted by molar-refractivity contribution is 0.0693. The quantitative estimate of drug-likeness (QED) is 0.714. The van der Waals surface area contributed by atoms with E-state index in [9.17, 15) is 0 Å². The third kappa shape index (κ3) is 5.10. The van der Waals surface area contributed by atoms with Crippen molar-refractivity contribution in [2.75, 3.05) is 27.3 Å². The zero-order valence-electron chi connectivity index (χ0n) is 14.3. The van der Waals surface area contributed by atoms with Gasteiger partial charge in [-0.2, -0.15) is 0 Å². The largest absolute Gasteiger partial charge is 0.383 e. The topological polar surface area (TPSA) is 24.5 Å². The first-order chi connectivity index (χ1) is 10.2. The minimum absolute atomic E-state index is 0.349. The molecule has 0 saturated heterocycles. The summed E-state index contributed by atoms with van der Waals surface area (Å²) in [4.78, 5) is 2.59. The molecule has 3 unspecified atom stereocenters. The summed E-state index contributed by atoms with van der Waals surface area (Å²) in [6.07, 6.45) is 2.28. The number of rotatable bonds is 10. The molecule has 1 aromatic carbocycles. The molecule has 0 aliphatic carbocycles. The van der Waals surface area contributed by atoms with Gasteiger partial charge in [-0.1, -0.05) is 44.2 Å². The number of nitrogens with zero attached hydrogens (tertiary/aromatic N) is 1. The van der Waals surface area contributed by atoms with Gasteiger partial charge in [0.15, 0.2) is 0 Å². The van der Waals surface area contributed by atoms with Crippen LogP contribution in [0, 0.1) is 0 Å². The summed E-state index contributed by atoms with van der Waals surface area (Å²) in [6, 6.07) is 12.1. The smallest absolute Gasteiger partial charge is 0.0589 e. The van der Waals surface area contributed by atoms with E-state index in [-0.39, 0.29) is 0 Å². The first-order valence-electron chi connectivity index (χ1n) is 8.16. The average Bonchev–Trinajstić information content (AvgIpc) is 2.54. The van der Waals surface area contributed by atoms with Crippen molar-refractivity contribution < 1.29 is 4.74 Å². The van der Waals surface area contributed by atoms with Crippen molar-refractivity contribution in [1.82, 2.24) is 10.2 Å². The van der Waals surface area contributed by atoms with E-state index in [0.717, 1.165) is 26.0 Å². The van der Waals surface area contributed by atoms with Gasteiger partial charge in [-0.25, -0.2) is 0 Å². The molecule has 1 aromatic rings. The number of ether oxygens (including phenoxy) is 1. The van der Waals surface area contributed by atoms with Gasteiger partial charge in [0.2, 0.25) is 0 Å². The third-order valence-electron chi connectivity index (χ3n) is 4.41. The van der Waals surface area contributed by atoms with Gasteiger partial charge in [-0.05, 0) is 32.4 Å². The van der Waals surface area contributed by atoms with Crippen LogP contribution in [0.1, 0.15) is 45.2 Å². The first kappa shape index (κ1) is 18.1. The van der Waals surface area contributed by atoms with Crippen molar-refractivity contribution in [3.8, 4) is 0 Å².